The molecule has 0 atom stereocenters. The topological polar surface area (TPSA) is 52.6 Å². The molecule has 2 N–H and O–H groups in total. The standard InChI is InChI=1S/C24H27N5/c1-2-25-24(28-18-20-12-13-26-23-11-4-3-10-22(20)23)27-17-19-8-7-9-21(16-19)29-14-5-6-15-29/h3-13,16H,2,14-15,17-18H2,1H3,(H2,25,27,28). The van der Waals surface area contributed by atoms with E-state index >= 15 is 0 Å². The molecule has 1 aliphatic heterocycles. The maximum absolute atomic E-state index is 4.79. The van der Waals surface area contributed by atoms with Gasteiger partial charge in [0.05, 0.1) is 12.1 Å². The van der Waals surface area contributed by atoms with Crippen molar-refractivity contribution in [2.75, 3.05) is 24.5 Å². The second-order valence-electron chi connectivity index (χ2n) is 7.08. The molecule has 0 saturated carbocycles. The third kappa shape index (κ3) is 4.74. The fourth-order valence-electron chi connectivity index (χ4n) is 3.54. The molecule has 148 valence electrons. The van der Waals surface area contributed by atoms with Gasteiger partial charge in [0.25, 0.3) is 0 Å². The van der Waals surface area contributed by atoms with Crippen molar-refractivity contribution in [2.45, 2.75) is 20.0 Å². The first-order chi connectivity index (χ1) is 14.3. The Bertz CT molecular complexity index is 1010. The highest BCUT2D eigenvalue weighted by Crippen LogP contribution is 2.19. The number of nitrogens with zero attached hydrogens (tertiary/aromatic N) is 3. The quantitative estimate of drug-likeness (QED) is 0.384. The van der Waals surface area contributed by atoms with E-state index in [1.807, 2.05) is 18.3 Å². The summed E-state index contributed by atoms with van der Waals surface area (Å²) in [7, 11) is 0. The molecular formula is C24H27N5. The van der Waals surface area contributed by atoms with Crippen LogP contribution in [0, 0.1) is 0 Å². The van der Waals surface area contributed by atoms with Crippen LogP contribution in [0.4, 0.5) is 5.69 Å². The van der Waals surface area contributed by atoms with Crippen molar-refractivity contribution >= 4 is 22.5 Å². The highest BCUT2D eigenvalue weighted by atomic mass is 15.2. The number of aliphatic imine (C=N–C) groups is 1. The number of guanidine groups is 1. The minimum atomic E-state index is 0.640. The summed E-state index contributed by atoms with van der Waals surface area (Å²) in [6, 6.07) is 18.9. The van der Waals surface area contributed by atoms with Crippen LogP contribution in [0.15, 0.2) is 77.9 Å². The van der Waals surface area contributed by atoms with Crippen molar-refractivity contribution in [3.8, 4) is 0 Å². The van der Waals surface area contributed by atoms with E-state index in [9.17, 15) is 0 Å². The molecule has 1 aromatic heterocycles. The fraction of sp³-hybridized carbons (Fsp3) is 0.250. The maximum atomic E-state index is 4.79. The second-order valence-corrected chi connectivity index (χ2v) is 7.08. The van der Waals surface area contributed by atoms with Crippen LogP contribution in [-0.4, -0.2) is 30.6 Å². The van der Waals surface area contributed by atoms with Crippen LogP contribution in [0.25, 0.3) is 10.9 Å². The summed E-state index contributed by atoms with van der Waals surface area (Å²) in [6.45, 7) is 6.21. The Kier molecular flexibility index (Phi) is 6.05. The van der Waals surface area contributed by atoms with Gasteiger partial charge < -0.3 is 15.5 Å². The van der Waals surface area contributed by atoms with E-state index < -0.39 is 0 Å². The van der Waals surface area contributed by atoms with Gasteiger partial charge in [-0.1, -0.05) is 42.5 Å². The molecule has 2 aromatic carbocycles. The van der Waals surface area contributed by atoms with Crippen LogP contribution in [0.2, 0.25) is 0 Å². The normalized spacial score (nSPS) is 13.8. The van der Waals surface area contributed by atoms with E-state index in [0.29, 0.717) is 13.1 Å². The van der Waals surface area contributed by atoms with Crippen molar-refractivity contribution in [3.05, 3.63) is 84.1 Å². The molecular weight excluding hydrogens is 358 g/mol. The maximum Gasteiger partial charge on any atom is 0.191 e. The predicted octanol–water partition coefficient (Wildman–Crippen LogP) is 3.87. The fourth-order valence-corrected chi connectivity index (χ4v) is 3.54. The van der Waals surface area contributed by atoms with E-state index in [0.717, 1.165) is 31.1 Å². The number of anilines is 1. The summed E-state index contributed by atoms with van der Waals surface area (Å²) in [5, 5.41) is 7.98. The van der Waals surface area contributed by atoms with Gasteiger partial charge in [-0.3, -0.25) is 4.98 Å². The molecule has 0 saturated heterocycles. The molecule has 5 heteroatoms. The van der Waals surface area contributed by atoms with E-state index in [-0.39, 0.29) is 0 Å². The first kappa shape index (κ1) is 19.0. The second kappa shape index (κ2) is 9.24. The zero-order chi connectivity index (χ0) is 19.9. The third-order valence-electron chi connectivity index (χ3n) is 5.04. The van der Waals surface area contributed by atoms with Gasteiger partial charge in [0.15, 0.2) is 5.96 Å². The van der Waals surface area contributed by atoms with Crippen LogP contribution in [-0.2, 0) is 13.1 Å². The molecule has 2 heterocycles. The molecule has 4 rings (SSSR count). The summed E-state index contributed by atoms with van der Waals surface area (Å²) in [5.41, 5.74) is 4.69. The Hall–Kier alpha value is -3.34. The van der Waals surface area contributed by atoms with Crippen molar-refractivity contribution < 1.29 is 0 Å². The van der Waals surface area contributed by atoms with Crippen LogP contribution >= 0.6 is 0 Å². The van der Waals surface area contributed by atoms with Gasteiger partial charge in [0.2, 0.25) is 0 Å². The molecule has 29 heavy (non-hydrogen) atoms. The predicted molar refractivity (Wildman–Crippen MR) is 121 cm³/mol. The summed E-state index contributed by atoms with van der Waals surface area (Å²) in [4.78, 5) is 11.6. The molecule has 0 unspecified atom stereocenters. The molecule has 0 amide bonds. The zero-order valence-electron chi connectivity index (χ0n) is 16.8. The molecule has 5 nitrogen and oxygen atoms in total. The highest BCUT2D eigenvalue weighted by Gasteiger charge is 2.08. The van der Waals surface area contributed by atoms with Gasteiger partial charge in [-0.15, -0.1) is 0 Å². The largest absolute Gasteiger partial charge is 0.364 e. The highest BCUT2D eigenvalue weighted by molar-refractivity contribution is 5.83. The number of aromatic nitrogens is 1. The lowest BCUT2D eigenvalue weighted by molar-refractivity contribution is 0.818. The number of rotatable bonds is 6. The smallest absolute Gasteiger partial charge is 0.191 e. The number of hydrogen-bond acceptors (Lipinski definition) is 3. The number of para-hydroxylation sites is 1. The molecule has 0 bridgehead atoms. The number of benzene rings is 2. The van der Waals surface area contributed by atoms with Gasteiger partial charge >= 0.3 is 0 Å². The summed E-state index contributed by atoms with van der Waals surface area (Å²) in [5.74, 6) is 0.821. The van der Waals surface area contributed by atoms with E-state index in [1.54, 1.807) is 0 Å². The number of pyridine rings is 1. The Balaban J connectivity index is 1.44. The molecule has 1 aliphatic rings. The lowest BCUT2D eigenvalue weighted by Gasteiger charge is -2.18. The van der Waals surface area contributed by atoms with Gasteiger partial charge in [0.1, 0.15) is 0 Å². The van der Waals surface area contributed by atoms with E-state index in [2.05, 4.69) is 82.1 Å². The lowest BCUT2D eigenvalue weighted by Crippen LogP contribution is -2.36. The monoisotopic (exact) mass is 385 g/mol. The SMILES string of the molecule is CCNC(=NCc1cccc(N2CC=CC2)c1)NCc1ccnc2ccccc12. The zero-order valence-corrected chi connectivity index (χ0v) is 16.8. The summed E-state index contributed by atoms with van der Waals surface area (Å²) < 4.78 is 0. The first-order valence-corrected chi connectivity index (χ1v) is 10.2. The Morgan fingerprint density at radius 2 is 1.90 bits per heavy atom. The number of nitrogens with one attached hydrogen (secondary N) is 2. The Morgan fingerprint density at radius 1 is 1.03 bits per heavy atom. The molecule has 3 aromatic rings. The lowest BCUT2D eigenvalue weighted by atomic mass is 10.1. The minimum Gasteiger partial charge on any atom is -0.364 e. The molecule has 0 radical (unpaired) electrons. The number of fused-ring (bicyclic) bond motifs is 1. The molecule has 0 aliphatic carbocycles. The Morgan fingerprint density at radius 3 is 2.76 bits per heavy atom. The van der Waals surface area contributed by atoms with Crippen molar-refractivity contribution in [2.24, 2.45) is 4.99 Å². The number of hydrogen-bond donors (Lipinski definition) is 2. The average molecular weight is 386 g/mol. The van der Waals surface area contributed by atoms with Crippen LogP contribution < -0.4 is 15.5 Å². The molecule has 0 spiro atoms. The van der Waals surface area contributed by atoms with Gasteiger partial charge in [0, 0.05) is 43.4 Å². The van der Waals surface area contributed by atoms with Crippen molar-refractivity contribution in [1.29, 1.82) is 0 Å². The van der Waals surface area contributed by atoms with Gasteiger partial charge in [-0.05, 0) is 42.3 Å². The molecule has 0 fully saturated rings. The summed E-state index contributed by atoms with van der Waals surface area (Å²) in [6.07, 6.45) is 6.28. The van der Waals surface area contributed by atoms with Crippen LogP contribution in [0.5, 0.6) is 0 Å². The van der Waals surface area contributed by atoms with Gasteiger partial charge in [-0.2, -0.15) is 0 Å². The summed E-state index contributed by atoms with van der Waals surface area (Å²) >= 11 is 0. The van der Waals surface area contributed by atoms with Crippen LogP contribution in [0.3, 0.4) is 0 Å². The van der Waals surface area contributed by atoms with Crippen molar-refractivity contribution in [1.82, 2.24) is 15.6 Å². The van der Waals surface area contributed by atoms with Crippen molar-refractivity contribution in [3.63, 3.8) is 0 Å². The van der Waals surface area contributed by atoms with E-state index in [1.165, 1.54) is 22.2 Å². The van der Waals surface area contributed by atoms with Gasteiger partial charge in [-0.25, -0.2) is 4.99 Å². The average Bonchev–Trinajstić information content (AvgIpc) is 3.31. The van der Waals surface area contributed by atoms with Crippen LogP contribution in [0.1, 0.15) is 18.1 Å². The minimum absolute atomic E-state index is 0.640. The third-order valence-corrected chi connectivity index (χ3v) is 5.04. The first-order valence-electron chi connectivity index (χ1n) is 10.2. The Labute approximate surface area is 172 Å². The van der Waals surface area contributed by atoms with E-state index in [4.69, 9.17) is 4.99 Å².